The summed E-state index contributed by atoms with van der Waals surface area (Å²) in [5.74, 6) is 0.182. The van der Waals surface area contributed by atoms with Gasteiger partial charge in [-0.25, -0.2) is 0 Å². The Kier molecular flexibility index (Phi) is 3.50. The molecule has 0 saturated carbocycles. The largest absolute Gasteiger partial charge is 0.361 e. The maximum Gasteiger partial charge on any atom is 0.0571 e. The van der Waals surface area contributed by atoms with Crippen molar-refractivity contribution in [2.75, 3.05) is 0 Å². The molecular weight excluding hydrogens is 402 g/mol. The zero-order chi connectivity index (χ0) is 20.5. The van der Waals surface area contributed by atoms with Crippen molar-refractivity contribution in [3.63, 3.8) is 0 Å². The number of rotatable bonds is 2. The number of nitrogens with one attached hydrogen (secondary N) is 3. The van der Waals surface area contributed by atoms with E-state index >= 15 is 0 Å². The molecule has 0 amide bonds. The Bertz CT molecular complexity index is 1580. The number of benzene rings is 3. The van der Waals surface area contributed by atoms with Crippen LogP contribution in [-0.4, -0.2) is 20.3 Å². The van der Waals surface area contributed by atoms with Gasteiger partial charge in [-0.15, -0.1) is 11.6 Å². The molecule has 3 aromatic heterocycles. The second-order valence-electron chi connectivity index (χ2n) is 8.48. The minimum Gasteiger partial charge on any atom is -0.361 e. The fourth-order valence-electron chi connectivity index (χ4n) is 5.63. The van der Waals surface area contributed by atoms with Crippen LogP contribution in [0.25, 0.3) is 32.7 Å². The number of hydrogen-bond acceptors (Lipinski definition) is 0. The molecule has 150 valence electrons. The van der Waals surface area contributed by atoms with Crippen LogP contribution in [0.4, 0.5) is 0 Å². The summed E-state index contributed by atoms with van der Waals surface area (Å²) in [6, 6.07) is 25.6. The summed E-state index contributed by atoms with van der Waals surface area (Å²) in [5.41, 5.74) is 8.56. The quantitative estimate of drug-likeness (QED) is 0.252. The lowest BCUT2D eigenvalue weighted by atomic mass is 9.88. The zero-order valence-electron chi connectivity index (χ0n) is 16.7. The van der Waals surface area contributed by atoms with Gasteiger partial charge in [-0.3, -0.25) is 0 Å². The van der Waals surface area contributed by atoms with Crippen molar-refractivity contribution in [2.24, 2.45) is 0 Å². The molecular formula is C27H20ClN3. The second-order valence-corrected chi connectivity index (χ2v) is 8.98. The lowest BCUT2D eigenvalue weighted by Crippen LogP contribution is -2.15. The first-order valence-corrected chi connectivity index (χ1v) is 11.1. The van der Waals surface area contributed by atoms with Gasteiger partial charge in [0.05, 0.1) is 5.38 Å². The number of alkyl halides is 1. The lowest BCUT2D eigenvalue weighted by molar-refractivity contribution is 0.725. The molecule has 1 aliphatic carbocycles. The predicted molar refractivity (Wildman–Crippen MR) is 128 cm³/mol. The highest BCUT2D eigenvalue weighted by Gasteiger charge is 2.45. The first kappa shape index (κ1) is 17.3. The van der Waals surface area contributed by atoms with E-state index in [1.807, 2.05) is 0 Å². The molecule has 0 saturated heterocycles. The van der Waals surface area contributed by atoms with Crippen molar-refractivity contribution in [1.82, 2.24) is 15.0 Å². The molecule has 1 unspecified atom stereocenters. The van der Waals surface area contributed by atoms with E-state index in [-0.39, 0.29) is 17.2 Å². The van der Waals surface area contributed by atoms with E-state index in [9.17, 15) is 0 Å². The van der Waals surface area contributed by atoms with Crippen molar-refractivity contribution in [2.45, 2.75) is 17.2 Å². The van der Waals surface area contributed by atoms with Crippen LogP contribution in [0.15, 0.2) is 85.2 Å². The Morgan fingerprint density at radius 3 is 1.74 bits per heavy atom. The highest BCUT2D eigenvalue weighted by Crippen LogP contribution is 2.55. The predicted octanol–water partition coefficient (Wildman–Crippen LogP) is 7.02. The zero-order valence-corrected chi connectivity index (χ0v) is 17.4. The number of aromatic nitrogens is 3. The highest BCUT2D eigenvalue weighted by molar-refractivity contribution is 6.23. The Hall–Kier alpha value is -3.43. The average Bonchev–Trinajstić information content (AvgIpc) is 3.55. The number of H-pyrrole nitrogens is 3. The molecule has 3 N–H and O–H groups in total. The molecule has 1 aliphatic rings. The molecule has 0 fully saturated rings. The molecule has 7 rings (SSSR count). The summed E-state index contributed by atoms with van der Waals surface area (Å²) in [6.45, 7) is 0. The van der Waals surface area contributed by atoms with Crippen LogP contribution in [0.3, 0.4) is 0 Å². The van der Waals surface area contributed by atoms with E-state index in [2.05, 4.69) is 100 Å². The van der Waals surface area contributed by atoms with Gasteiger partial charge in [0.1, 0.15) is 0 Å². The molecule has 3 atom stereocenters. The third-order valence-corrected chi connectivity index (χ3v) is 7.45. The van der Waals surface area contributed by atoms with E-state index in [1.165, 1.54) is 44.1 Å². The lowest BCUT2D eigenvalue weighted by Gasteiger charge is -2.20. The van der Waals surface area contributed by atoms with Crippen LogP contribution in [0.2, 0.25) is 0 Å². The first-order valence-electron chi connectivity index (χ1n) is 10.7. The van der Waals surface area contributed by atoms with Gasteiger partial charge < -0.3 is 15.0 Å². The van der Waals surface area contributed by atoms with Crippen LogP contribution in [0.1, 0.15) is 34.2 Å². The highest BCUT2D eigenvalue weighted by atomic mass is 35.5. The Balaban J connectivity index is 1.53. The molecule has 0 radical (unpaired) electrons. The third-order valence-electron chi connectivity index (χ3n) is 6.95. The van der Waals surface area contributed by atoms with Crippen molar-refractivity contribution < 1.29 is 0 Å². The maximum atomic E-state index is 7.39. The normalized spacial score (nSPS) is 20.7. The summed E-state index contributed by atoms with van der Waals surface area (Å²) in [6.07, 6.45) is 4.28. The molecule has 3 heterocycles. The van der Waals surface area contributed by atoms with Crippen LogP contribution >= 0.6 is 11.6 Å². The summed E-state index contributed by atoms with van der Waals surface area (Å²) in [4.78, 5) is 10.7. The summed E-state index contributed by atoms with van der Waals surface area (Å²) in [7, 11) is 0. The van der Waals surface area contributed by atoms with Gasteiger partial charge in [0, 0.05) is 62.6 Å². The molecule has 31 heavy (non-hydrogen) atoms. The maximum absolute atomic E-state index is 7.39. The van der Waals surface area contributed by atoms with Crippen LogP contribution < -0.4 is 0 Å². The van der Waals surface area contributed by atoms with Gasteiger partial charge in [0.15, 0.2) is 0 Å². The standard InChI is InChI=1S/C27H20ClN3/c28-26-23(18-13-29-20-10-4-1-7-15(18)20)24-17-9-3-6-12-22(17)31-27(24)25(26)19-14-30-21-11-5-2-8-16(19)21/h1-14,23,25-26,29-31H/t23-,25+,26?/m1/s1. The van der Waals surface area contributed by atoms with Gasteiger partial charge in [-0.2, -0.15) is 0 Å². The summed E-state index contributed by atoms with van der Waals surface area (Å²) < 4.78 is 0. The van der Waals surface area contributed by atoms with E-state index in [0.29, 0.717) is 0 Å². The summed E-state index contributed by atoms with van der Waals surface area (Å²) >= 11 is 7.39. The van der Waals surface area contributed by atoms with Crippen molar-refractivity contribution in [3.8, 4) is 0 Å². The van der Waals surface area contributed by atoms with Gasteiger partial charge in [-0.05, 0) is 34.9 Å². The number of para-hydroxylation sites is 3. The Morgan fingerprint density at radius 1 is 0.581 bits per heavy atom. The molecule has 4 heteroatoms. The monoisotopic (exact) mass is 421 g/mol. The summed E-state index contributed by atoms with van der Waals surface area (Å²) in [5, 5.41) is 3.65. The molecule has 0 aliphatic heterocycles. The van der Waals surface area contributed by atoms with Crippen molar-refractivity contribution in [3.05, 3.63) is 108 Å². The molecule has 0 spiro atoms. The molecule has 0 bridgehead atoms. The second kappa shape index (κ2) is 6.29. The third kappa shape index (κ3) is 2.30. The fourth-order valence-corrected chi connectivity index (χ4v) is 6.16. The van der Waals surface area contributed by atoms with Gasteiger partial charge in [-0.1, -0.05) is 54.6 Å². The molecule has 3 nitrogen and oxygen atoms in total. The average molecular weight is 422 g/mol. The minimum absolute atomic E-state index is 0.0823. The van der Waals surface area contributed by atoms with E-state index in [4.69, 9.17) is 11.6 Å². The van der Waals surface area contributed by atoms with Crippen LogP contribution in [0.5, 0.6) is 0 Å². The Morgan fingerprint density at radius 2 is 1.10 bits per heavy atom. The van der Waals surface area contributed by atoms with Crippen molar-refractivity contribution in [1.29, 1.82) is 0 Å². The van der Waals surface area contributed by atoms with E-state index < -0.39 is 0 Å². The van der Waals surface area contributed by atoms with E-state index in [1.54, 1.807) is 0 Å². The van der Waals surface area contributed by atoms with E-state index in [0.717, 1.165) is 11.0 Å². The van der Waals surface area contributed by atoms with Crippen molar-refractivity contribution >= 4 is 44.3 Å². The van der Waals surface area contributed by atoms with Crippen LogP contribution in [0, 0.1) is 0 Å². The van der Waals surface area contributed by atoms with Gasteiger partial charge in [0.25, 0.3) is 0 Å². The SMILES string of the molecule is ClC1[C@H](c2c[nH]c3ccccc23)c2c([nH]c3ccccc23)[C@H]1c1c[nH]c2ccccc12. The topological polar surface area (TPSA) is 47.4 Å². The van der Waals surface area contributed by atoms with Crippen LogP contribution in [-0.2, 0) is 0 Å². The van der Waals surface area contributed by atoms with Gasteiger partial charge in [0.2, 0.25) is 0 Å². The minimum atomic E-state index is -0.0933. The number of halogens is 1. The number of fused-ring (bicyclic) bond motifs is 5. The number of aromatic amines is 3. The molecule has 3 aromatic carbocycles. The first-order chi connectivity index (χ1) is 15.3. The fraction of sp³-hybridized carbons (Fsp3) is 0.111. The Labute approximate surface area is 184 Å². The smallest absolute Gasteiger partial charge is 0.0571 e. The number of hydrogen-bond donors (Lipinski definition) is 3. The molecule has 6 aromatic rings. The van der Waals surface area contributed by atoms with Gasteiger partial charge >= 0.3 is 0 Å².